The minimum Gasteiger partial charge on any atom is -1.00 e. The molecule has 0 radical (unpaired) electrons. The molecule has 2 aromatic carbocycles. The molecule has 2 heterocycles. The standard InChI is InChI=1S/C15H16N2O2.C13H14N2O.2ClH/c1-10(18)19-14-5-4-11-2-3-12(15(11)7-14)6-13-8-16-9-17-13;16-12-4-3-9-1-2-10(13(9)6-12)5-11-7-14-8-15-11;;/h4-5,7-9,12H,2-3,6H2,1H3,(H,16,17);3-4,6-8,10,16H,1-2,5H2,(H,14,15);2*1H. The highest BCUT2D eigenvalue weighted by molar-refractivity contribution is 5.69. The van der Waals surface area contributed by atoms with Crippen molar-refractivity contribution >= 4 is 18.6 Å². The smallest absolute Gasteiger partial charge is 0.308 e. The first-order valence-electron chi connectivity index (χ1n) is 12.3. The number of halogens is 2. The zero-order valence-electron chi connectivity index (χ0n) is 20.7. The van der Waals surface area contributed by atoms with E-state index in [1.807, 2.05) is 47.6 Å². The molecule has 2 aliphatic carbocycles. The Morgan fingerprint density at radius 2 is 1.43 bits per heavy atom. The van der Waals surface area contributed by atoms with Crippen LogP contribution in [0.5, 0.6) is 11.5 Å². The number of nitrogens with zero attached hydrogens (tertiary/aromatic N) is 2. The number of rotatable bonds is 5. The van der Waals surface area contributed by atoms with Crippen molar-refractivity contribution in [3.05, 3.63) is 82.4 Å². The number of aromatic hydroxyl groups is 1. The van der Waals surface area contributed by atoms with Gasteiger partial charge in [-0.05, 0) is 84.0 Å². The highest BCUT2D eigenvalue weighted by Crippen LogP contribution is 2.40. The summed E-state index contributed by atoms with van der Waals surface area (Å²) in [5.41, 5.74) is 7.66. The summed E-state index contributed by atoms with van der Waals surface area (Å²) in [6.45, 7) is 1.43. The molecule has 0 saturated heterocycles. The van der Waals surface area contributed by atoms with Crippen molar-refractivity contribution in [1.82, 2.24) is 0 Å². The summed E-state index contributed by atoms with van der Waals surface area (Å²) >= 11 is 0. The van der Waals surface area contributed by atoms with Gasteiger partial charge in [-0.3, -0.25) is 15.4 Å². The number of allylic oxidation sites excluding steroid dienone is 2. The normalized spacial score (nSPS) is 20.0. The van der Waals surface area contributed by atoms with Gasteiger partial charge in [-0.15, -0.1) is 0 Å². The first-order valence-corrected chi connectivity index (χ1v) is 12.3. The summed E-state index contributed by atoms with van der Waals surface area (Å²) in [5.74, 6) is 1.76. The second kappa shape index (κ2) is 13.0. The van der Waals surface area contributed by atoms with E-state index in [1.165, 1.54) is 35.6 Å². The van der Waals surface area contributed by atoms with Crippen molar-refractivity contribution < 1.29 is 50.1 Å². The maximum absolute atomic E-state index is 11.0. The van der Waals surface area contributed by atoms with Crippen molar-refractivity contribution in [2.24, 2.45) is 9.98 Å². The van der Waals surface area contributed by atoms with Crippen LogP contribution < -0.4 is 40.2 Å². The van der Waals surface area contributed by atoms with Crippen LogP contribution >= 0.6 is 0 Å². The van der Waals surface area contributed by atoms with Crippen molar-refractivity contribution in [3.63, 3.8) is 0 Å². The Morgan fingerprint density at radius 1 is 0.892 bits per heavy atom. The second-order valence-corrected chi connectivity index (χ2v) is 9.47. The first kappa shape index (κ1) is 28.6. The molecule has 2 unspecified atom stereocenters. The van der Waals surface area contributed by atoms with Gasteiger partial charge in [0.15, 0.2) is 12.7 Å². The third-order valence-corrected chi connectivity index (χ3v) is 7.05. The Balaban J connectivity index is 0.000000197. The van der Waals surface area contributed by atoms with Crippen molar-refractivity contribution in [2.45, 2.75) is 57.3 Å². The monoisotopic (exact) mass is 542 g/mol. The van der Waals surface area contributed by atoms with Crippen LogP contribution in [0.3, 0.4) is 0 Å². The molecule has 7 nitrogen and oxygen atoms in total. The SMILES string of the molecule is CC(=O)Oc1ccc2c(c1)C(CC1=C[NH2+]C=N1)CC2.Oc1ccc2c(c1)C(CC1=C[NH2+]C=N1)CC2.[Cl-].[Cl-]. The largest absolute Gasteiger partial charge is 1.00 e. The van der Waals surface area contributed by atoms with Crippen LogP contribution in [0.15, 0.2) is 70.2 Å². The number of esters is 1. The minimum atomic E-state index is -0.271. The number of phenolic OH excluding ortho intramolecular Hbond substituents is 1. The van der Waals surface area contributed by atoms with Gasteiger partial charge in [-0.25, -0.2) is 9.98 Å². The number of phenols is 1. The van der Waals surface area contributed by atoms with Gasteiger partial charge < -0.3 is 34.7 Å². The number of ether oxygens (including phenoxy) is 1. The molecule has 9 heteroatoms. The van der Waals surface area contributed by atoms with Gasteiger partial charge in [0.05, 0.1) is 11.4 Å². The van der Waals surface area contributed by atoms with Crippen LogP contribution in [0.1, 0.15) is 66.7 Å². The zero-order valence-corrected chi connectivity index (χ0v) is 22.3. The minimum absolute atomic E-state index is 0. The van der Waals surface area contributed by atoms with Crippen LogP contribution in [-0.4, -0.2) is 23.8 Å². The predicted octanol–water partition coefficient (Wildman–Crippen LogP) is -3.25. The van der Waals surface area contributed by atoms with E-state index in [0.29, 0.717) is 23.3 Å². The lowest BCUT2D eigenvalue weighted by Crippen LogP contribution is -3.00. The van der Waals surface area contributed by atoms with Crippen LogP contribution in [0, 0.1) is 0 Å². The number of benzene rings is 2. The van der Waals surface area contributed by atoms with E-state index in [2.05, 4.69) is 28.5 Å². The number of quaternary nitrogens is 2. The Bertz CT molecular complexity index is 1260. The van der Waals surface area contributed by atoms with Gasteiger partial charge in [0.1, 0.15) is 23.9 Å². The van der Waals surface area contributed by atoms with Gasteiger partial charge in [-0.2, -0.15) is 0 Å². The van der Waals surface area contributed by atoms with E-state index in [1.54, 1.807) is 6.07 Å². The zero-order chi connectivity index (χ0) is 24.2. The Labute approximate surface area is 229 Å². The third-order valence-electron chi connectivity index (χ3n) is 7.05. The van der Waals surface area contributed by atoms with E-state index in [4.69, 9.17) is 4.74 Å². The van der Waals surface area contributed by atoms with Crippen LogP contribution in [0.2, 0.25) is 0 Å². The quantitative estimate of drug-likeness (QED) is 0.273. The summed E-state index contributed by atoms with van der Waals surface area (Å²) in [4.78, 5) is 19.7. The predicted molar refractivity (Wildman–Crippen MR) is 134 cm³/mol. The van der Waals surface area contributed by atoms with E-state index >= 15 is 0 Å². The molecule has 4 aliphatic rings. The molecule has 0 bridgehead atoms. The van der Waals surface area contributed by atoms with Crippen molar-refractivity contribution in [1.29, 1.82) is 0 Å². The topological polar surface area (TPSA) is 104 Å². The molecule has 2 aliphatic heterocycles. The van der Waals surface area contributed by atoms with E-state index in [0.717, 1.165) is 43.5 Å². The van der Waals surface area contributed by atoms with Crippen LogP contribution in [-0.2, 0) is 17.6 Å². The number of aliphatic imine (C=N–C) groups is 2. The molecular weight excluding hydrogens is 511 g/mol. The number of fused-ring (bicyclic) bond motifs is 2. The molecule has 5 N–H and O–H groups in total. The number of nitrogens with two attached hydrogens (primary N) is 2. The molecular formula is C28H32Cl2N4O3. The number of hydrogen-bond donors (Lipinski definition) is 3. The first-order chi connectivity index (χ1) is 17.0. The number of aryl methyl sites for hydroxylation is 2. The third kappa shape index (κ3) is 7.08. The molecule has 0 saturated carbocycles. The molecule has 0 aromatic heterocycles. The fourth-order valence-corrected chi connectivity index (χ4v) is 5.41. The molecule has 2 atom stereocenters. The molecule has 6 rings (SSSR count). The van der Waals surface area contributed by atoms with Gasteiger partial charge >= 0.3 is 5.97 Å². The highest BCUT2D eigenvalue weighted by atomic mass is 35.5. The van der Waals surface area contributed by atoms with E-state index in [9.17, 15) is 9.90 Å². The Morgan fingerprint density at radius 3 is 1.95 bits per heavy atom. The van der Waals surface area contributed by atoms with E-state index in [-0.39, 0.29) is 30.8 Å². The number of hydrogen-bond acceptors (Lipinski definition) is 5. The lowest BCUT2D eigenvalue weighted by atomic mass is 9.96. The van der Waals surface area contributed by atoms with Gasteiger partial charge in [0, 0.05) is 19.8 Å². The van der Waals surface area contributed by atoms with Crippen molar-refractivity contribution in [2.75, 3.05) is 0 Å². The summed E-state index contributed by atoms with van der Waals surface area (Å²) in [7, 11) is 0. The maximum atomic E-state index is 11.0. The fraction of sp³-hybridized carbons (Fsp3) is 0.321. The second-order valence-electron chi connectivity index (χ2n) is 9.47. The lowest BCUT2D eigenvalue weighted by molar-refractivity contribution is -0.448. The summed E-state index contributed by atoms with van der Waals surface area (Å²) in [6, 6.07) is 11.7. The number of carbonyl (C=O) groups is 1. The molecule has 196 valence electrons. The molecule has 0 amide bonds. The lowest BCUT2D eigenvalue weighted by Gasteiger charge is -2.11. The Hall–Kier alpha value is -2.97. The van der Waals surface area contributed by atoms with E-state index < -0.39 is 0 Å². The van der Waals surface area contributed by atoms with Crippen molar-refractivity contribution in [3.8, 4) is 11.5 Å². The fourth-order valence-electron chi connectivity index (χ4n) is 5.41. The molecule has 0 spiro atoms. The average Bonchev–Trinajstić information content (AvgIpc) is 3.64. The van der Waals surface area contributed by atoms with Gasteiger partial charge in [-0.1, -0.05) is 12.1 Å². The van der Waals surface area contributed by atoms with Crippen LogP contribution in [0.25, 0.3) is 0 Å². The Kier molecular flexibility index (Phi) is 10.1. The average molecular weight is 543 g/mol. The molecule has 0 fully saturated rings. The summed E-state index contributed by atoms with van der Waals surface area (Å²) in [5, 5.41) is 13.5. The maximum Gasteiger partial charge on any atom is 0.308 e. The van der Waals surface area contributed by atoms with Gasteiger partial charge in [0.2, 0.25) is 0 Å². The van der Waals surface area contributed by atoms with Crippen LogP contribution in [0.4, 0.5) is 0 Å². The molecule has 37 heavy (non-hydrogen) atoms. The highest BCUT2D eigenvalue weighted by Gasteiger charge is 2.26. The summed E-state index contributed by atoms with van der Waals surface area (Å²) < 4.78 is 5.17. The summed E-state index contributed by atoms with van der Waals surface area (Å²) in [6.07, 6.45) is 14.3. The number of carbonyl (C=O) groups excluding carboxylic acids is 1. The molecule has 2 aromatic rings. The van der Waals surface area contributed by atoms with Gasteiger partial charge in [0.25, 0.3) is 0 Å².